The standard InChI is InChI=1S/C18H13Cl2NO3S/c1-2-16(11-6-8-12(19)9-7-11)25(23,24)18-13-4-3-5-14(20)17(13)21-15(18)10-22/h2-10,16,21H,1H2. The van der Waals surface area contributed by atoms with Gasteiger partial charge in [0, 0.05) is 10.4 Å². The first kappa shape index (κ1) is 17.7. The van der Waals surface area contributed by atoms with Gasteiger partial charge in [0.25, 0.3) is 0 Å². The second-order valence-corrected chi connectivity index (χ2v) is 8.25. The van der Waals surface area contributed by atoms with E-state index in [0.717, 1.165) is 0 Å². The van der Waals surface area contributed by atoms with Crippen molar-refractivity contribution < 1.29 is 13.2 Å². The van der Waals surface area contributed by atoms with Crippen molar-refractivity contribution in [1.82, 2.24) is 4.98 Å². The molecule has 0 radical (unpaired) electrons. The maximum absolute atomic E-state index is 13.3. The molecule has 1 N–H and O–H groups in total. The highest BCUT2D eigenvalue weighted by Gasteiger charge is 2.32. The number of hydrogen-bond acceptors (Lipinski definition) is 3. The summed E-state index contributed by atoms with van der Waals surface area (Å²) >= 11 is 12.0. The van der Waals surface area contributed by atoms with Crippen LogP contribution in [-0.2, 0) is 9.84 Å². The van der Waals surface area contributed by atoms with Crippen molar-refractivity contribution in [1.29, 1.82) is 0 Å². The van der Waals surface area contributed by atoms with Gasteiger partial charge in [-0.3, -0.25) is 4.79 Å². The molecule has 7 heteroatoms. The second-order valence-electron chi connectivity index (χ2n) is 5.40. The van der Waals surface area contributed by atoms with E-state index < -0.39 is 15.1 Å². The van der Waals surface area contributed by atoms with Gasteiger partial charge in [-0.25, -0.2) is 8.42 Å². The SMILES string of the molecule is C=CC(c1ccc(Cl)cc1)S(=O)(=O)c1c(C=O)[nH]c2c(Cl)cccc12. The zero-order valence-electron chi connectivity index (χ0n) is 12.9. The fourth-order valence-corrected chi connectivity index (χ4v) is 5.04. The van der Waals surface area contributed by atoms with Crippen molar-refractivity contribution in [2.24, 2.45) is 0 Å². The topological polar surface area (TPSA) is 67.0 Å². The van der Waals surface area contributed by atoms with Crippen LogP contribution in [0, 0.1) is 0 Å². The van der Waals surface area contributed by atoms with Gasteiger partial charge in [-0.15, -0.1) is 6.58 Å². The van der Waals surface area contributed by atoms with Gasteiger partial charge in [0.05, 0.1) is 16.2 Å². The van der Waals surface area contributed by atoms with Gasteiger partial charge in [0.15, 0.2) is 16.1 Å². The average Bonchev–Trinajstić information content (AvgIpc) is 2.98. The fourth-order valence-electron chi connectivity index (χ4n) is 2.79. The van der Waals surface area contributed by atoms with Gasteiger partial charge in [-0.2, -0.15) is 0 Å². The highest BCUT2D eigenvalue weighted by atomic mass is 35.5. The Balaban J connectivity index is 2.28. The van der Waals surface area contributed by atoms with Gasteiger partial charge in [-0.1, -0.05) is 53.5 Å². The molecule has 1 atom stereocenters. The zero-order valence-corrected chi connectivity index (χ0v) is 15.2. The molecule has 0 aliphatic carbocycles. The molecule has 0 aliphatic rings. The minimum absolute atomic E-state index is 0.0380. The Labute approximate surface area is 155 Å². The largest absolute Gasteiger partial charge is 0.350 e. The summed E-state index contributed by atoms with van der Waals surface area (Å²) in [5.41, 5.74) is 0.875. The Morgan fingerprint density at radius 3 is 2.36 bits per heavy atom. The van der Waals surface area contributed by atoms with Crippen molar-refractivity contribution in [2.75, 3.05) is 0 Å². The fraction of sp³-hybridized carbons (Fsp3) is 0.0556. The van der Waals surface area contributed by atoms with E-state index in [4.69, 9.17) is 23.2 Å². The van der Waals surface area contributed by atoms with Crippen molar-refractivity contribution in [3.8, 4) is 0 Å². The molecule has 3 aromatic rings. The predicted octanol–water partition coefficient (Wildman–Crippen LogP) is 4.99. The second kappa shape index (κ2) is 6.67. The minimum atomic E-state index is -3.94. The van der Waals surface area contributed by atoms with Gasteiger partial charge < -0.3 is 4.98 Å². The molecule has 25 heavy (non-hydrogen) atoms. The number of H-pyrrole nitrogens is 1. The number of aromatic amines is 1. The molecule has 128 valence electrons. The lowest BCUT2D eigenvalue weighted by molar-refractivity contribution is 0.111. The van der Waals surface area contributed by atoms with E-state index in [-0.39, 0.29) is 10.6 Å². The molecule has 0 saturated carbocycles. The van der Waals surface area contributed by atoms with Crippen molar-refractivity contribution in [3.05, 3.63) is 76.4 Å². The Hall–Kier alpha value is -2.08. The maximum atomic E-state index is 13.3. The lowest BCUT2D eigenvalue weighted by atomic mass is 10.1. The molecule has 0 fully saturated rings. The first-order valence-corrected chi connectivity index (χ1v) is 9.57. The molecule has 0 amide bonds. The van der Waals surface area contributed by atoms with Crippen LogP contribution in [-0.4, -0.2) is 19.7 Å². The van der Waals surface area contributed by atoms with Crippen molar-refractivity contribution in [2.45, 2.75) is 10.1 Å². The summed E-state index contributed by atoms with van der Waals surface area (Å²) in [5, 5.41) is 0.178. The quantitative estimate of drug-likeness (QED) is 0.490. The van der Waals surface area contributed by atoms with E-state index in [1.807, 2.05) is 0 Å². The summed E-state index contributed by atoms with van der Waals surface area (Å²) in [7, 11) is -3.94. The molecule has 3 rings (SSSR count). The van der Waals surface area contributed by atoms with E-state index in [0.29, 0.717) is 32.8 Å². The molecule has 0 spiro atoms. The highest BCUT2D eigenvalue weighted by molar-refractivity contribution is 7.92. The number of carbonyl (C=O) groups is 1. The molecule has 0 saturated heterocycles. The number of halogens is 2. The summed E-state index contributed by atoms with van der Waals surface area (Å²) in [6.07, 6.45) is 1.81. The average molecular weight is 394 g/mol. The van der Waals surface area contributed by atoms with Crippen LogP contribution < -0.4 is 0 Å². The van der Waals surface area contributed by atoms with Crippen LogP contribution in [0.4, 0.5) is 0 Å². The Bertz CT molecular complexity index is 1070. The van der Waals surface area contributed by atoms with Gasteiger partial charge in [0.1, 0.15) is 10.1 Å². The van der Waals surface area contributed by atoms with Crippen LogP contribution in [0.15, 0.2) is 60.0 Å². The van der Waals surface area contributed by atoms with Crippen LogP contribution >= 0.6 is 23.2 Å². The van der Waals surface area contributed by atoms with Gasteiger partial charge >= 0.3 is 0 Å². The molecule has 1 unspecified atom stereocenters. The summed E-state index contributed by atoms with van der Waals surface area (Å²) in [6, 6.07) is 11.3. The normalized spacial score (nSPS) is 12.9. The predicted molar refractivity (Wildman–Crippen MR) is 100 cm³/mol. The minimum Gasteiger partial charge on any atom is -0.350 e. The number of aldehydes is 1. The molecule has 4 nitrogen and oxygen atoms in total. The number of sulfone groups is 1. The monoisotopic (exact) mass is 393 g/mol. The van der Waals surface area contributed by atoms with E-state index in [9.17, 15) is 13.2 Å². The van der Waals surface area contributed by atoms with E-state index in [1.54, 1.807) is 42.5 Å². The van der Waals surface area contributed by atoms with Crippen LogP contribution in [0.3, 0.4) is 0 Å². The molecule has 1 aromatic heterocycles. The number of hydrogen-bond donors (Lipinski definition) is 1. The molecular formula is C18H13Cl2NO3S. The lowest BCUT2D eigenvalue weighted by Gasteiger charge is -2.14. The zero-order chi connectivity index (χ0) is 18.2. The first-order chi connectivity index (χ1) is 11.9. The number of para-hydroxylation sites is 1. The Morgan fingerprint density at radius 1 is 1.08 bits per heavy atom. The third-order valence-electron chi connectivity index (χ3n) is 3.91. The van der Waals surface area contributed by atoms with Crippen LogP contribution in [0.2, 0.25) is 10.0 Å². The number of rotatable bonds is 5. The Kier molecular flexibility index (Phi) is 4.73. The summed E-state index contributed by atoms with van der Waals surface area (Å²) < 4.78 is 26.6. The third-order valence-corrected chi connectivity index (χ3v) is 6.62. The smallest absolute Gasteiger partial charge is 0.191 e. The van der Waals surface area contributed by atoms with Crippen molar-refractivity contribution in [3.63, 3.8) is 0 Å². The number of nitrogens with one attached hydrogen (secondary N) is 1. The third kappa shape index (κ3) is 2.99. The Morgan fingerprint density at radius 2 is 1.76 bits per heavy atom. The summed E-state index contributed by atoms with van der Waals surface area (Å²) in [5.74, 6) is 0. The van der Waals surface area contributed by atoms with Gasteiger partial charge in [-0.05, 0) is 23.8 Å². The number of benzene rings is 2. The van der Waals surface area contributed by atoms with E-state index >= 15 is 0 Å². The van der Waals surface area contributed by atoms with E-state index in [1.165, 1.54) is 6.08 Å². The first-order valence-electron chi connectivity index (χ1n) is 7.27. The van der Waals surface area contributed by atoms with E-state index in [2.05, 4.69) is 11.6 Å². The molecule has 0 aliphatic heterocycles. The number of aromatic nitrogens is 1. The van der Waals surface area contributed by atoms with Crippen LogP contribution in [0.1, 0.15) is 21.3 Å². The number of fused-ring (bicyclic) bond motifs is 1. The van der Waals surface area contributed by atoms with Crippen LogP contribution in [0.25, 0.3) is 10.9 Å². The molecule has 1 heterocycles. The molecule has 0 bridgehead atoms. The molecular weight excluding hydrogens is 381 g/mol. The summed E-state index contributed by atoms with van der Waals surface area (Å²) in [4.78, 5) is 14.2. The molecule has 2 aromatic carbocycles. The number of carbonyl (C=O) groups excluding carboxylic acids is 1. The van der Waals surface area contributed by atoms with Crippen LogP contribution in [0.5, 0.6) is 0 Å². The highest BCUT2D eigenvalue weighted by Crippen LogP contribution is 2.37. The van der Waals surface area contributed by atoms with Gasteiger partial charge in [0.2, 0.25) is 0 Å². The maximum Gasteiger partial charge on any atom is 0.191 e. The lowest BCUT2D eigenvalue weighted by Crippen LogP contribution is -2.13. The summed E-state index contributed by atoms with van der Waals surface area (Å²) in [6.45, 7) is 3.65. The van der Waals surface area contributed by atoms with Crippen molar-refractivity contribution >= 4 is 50.2 Å².